The van der Waals surface area contributed by atoms with Gasteiger partial charge in [0.25, 0.3) is 0 Å². The van der Waals surface area contributed by atoms with Crippen molar-refractivity contribution >= 4 is 11.4 Å². The molecule has 278 valence electrons. The Bertz CT molecular complexity index is 1210. The molecule has 1 heterocycles. The molecule has 1 aliphatic rings. The molecular formula is C46H74N2Pd. The molecule has 0 bridgehead atoms. The van der Waals surface area contributed by atoms with Gasteiger partial charge in [0.15, 0.2) is 0 Å². The number of aryl methyl sites for hydroxylation is 4. The third-order valence-electron chi connectivity index (χ3n) is 9.81. The number of allylic oxidation sites excluding steroid dienone is 2. The first-order chi connectivity index (χ1) is 24.0. The summed E-state index contributed by atoms with van der Waals surface area (Å²) in [6, 6.07) is 14.4. The average molecular weight is 762 g/mol. The quantitative estimate of drug-likeness (QED) is 0.0547. The molecule has 1 aliphatic heterocycles. The fourth-order valence-corrected chi connectivity index (χ4v) is 7.05. The molecule has 0 saturated heterocycles. The second-order valence-corrected chi connectivity index (χ2v) is 16.0. The molecule has 0 N–H and O–H groups in total. The maximum atomic E-state index is 12.1. The van der Waals surface area contributed by atoms with Crippen molar-refractivity contribution in [3.63, 3.8) is 0 Å². The van der Waals surface area contributed by atoms with E-state index in [1.54, 1.807) is 4.70 Å². The van der Waals surface area contributed by atoms with Crippen molar-refractivity contribution in [2.75, 3.05) is 0 Å². The van der Waals surface area contributed by atoms with Gasteiger partial charge in [-0.05, 0) is 111 Å². The first-order valence-electron chi connectivity index (χ1n) is 20.4. The maximum absolute atomic E-state index is 12.1. The van der Waals surface area contributed by atoms with Crippen LogP contribution in [0.3, 0.4) is 0 Å². The Balaban J connectivity index is 0.00000267. The second kappa shape index (κ2) is 26.9. The summed E-state index contributed by atoms with van der Waals surface area (Å²) in [4.78, 5) is 0. The van der Waals surface area contributed by atoms with Gasteiger partial charge in [0, 0.05) is 22.8 Å². The summed E-state index contributed by atoms with van der Waals surface area (Å²) in [5.74, 6) is 0. The predicted octanol–water partition coefficient (Wildman–Crippen LogP) is 15.3. The standard InChI is InChI=1S/C44H68N2.2CH3.Pd/c1-6-11-16-17-18-23-28-40-35-43(41-31-36(24-19-12-7-2)29-37(32-41)25-20-13-8-3)46(45)44(40)42-33-38(26-21-14-9-4)30-39(34-42)27-22-15-10-5;;;/h29-35H,6-28H2,1-5H3;2*1H3;. The average Bonchev–Trinajstić information content (AvgIpc) is 3.42. The summed E-state index contributed by atoms with van der Waals surface area (Å²) in [5, 5.41) is 4.35. The number of hydrogen-bond acceptors (Lipinski definition) is 0. The molecule has 2 nitrogen and oxygen atoms in total. The zero-order valence-electron chi connectivity index (χ0n) is 33.0. The van der Waals surface area contributed by atoms with Crippen molar-refractivity contribution in [1.29, 1.82) is 0 Å². The van der Waals surface area contributed by atoms with Gasteiger partial charge in [-0.25, -0.2) is 4.70 Å². The van der Waals surface area contributed by atoms with E-state index in [2.05, 4.69) is 87.9 Å². The summed E-state index contributed by atoms with van der Waals surface area (Å²) < 4.78 is 1.58. The molecule has 2 aromatic rings. The topological polar surface area (TPSA) is 25.3 Å². The molecule has 0 atom stereocenters. The van der Waals surface area contributed by atoms with Crippen LogP contribution in [0.1, 0.15) is 190 Å². The van der Waals surface area contributed by atoms with Crippen LogP contribution in [-0.4, -0.2) is 4.70 Å². The molecule has 49 heavy (non-hydrogen) atoms. The van der Waals surface area contributed by atoms with Gasteiger partial charge in [0.2, 0.25) is 11.4 Å². The molecule has 3 rings (SSSR count). The summed E-state index contributed by atoms with van der Waals surface area (Å²) in [6.07, 6.45) is 30.5. The van der Waals surface area contributed by atoms with E-state index in [9.17, 15) is 5.53 Å². The van der Waals surface area contributed by atoms with Crippen molar-refractivity contribution in [2.24, 2.45) is 0 Å². The molecule has 0 aliphatic carbocycles. The normalized spacial score (nSPS) is 12.9. The predicted molar refractivity (Wildman–Crippen MR) is 214 cm³/mol. The molecule has 0 radical (unpaired) electrons. The third kappa shape index (κ3) is 16.4. The molecule has 0 fully saturated rings. The Morgan fingerprint density at radius 3 is 1.18 bits per heavy atom. The summed E-state index contributed by atoms with van der Waals surface area (Å²) in [6.45, 7) is 11.4. The molecular weight excluding hydrogens is 687 g/mol. The minimum absolute atomic E-state index is 0.950. The van der Waals surface area contributed by atoms with Crippen LogP contribution in [0.4, 0.5) is 0 Å². The Morgan fingerprint density at radius 1 is 0.449 bits per heavy atom. The molecule has 0 aromatic heterocycles. The van der Waals surface area contributed by atoms with Crippen molar-refractivity contribution in [2.45, 2.75) is 193 Å². The summed E-state index contributed by atoms with van der Waals surface area (Å²) in [5.41, 5.74) is 23.5. The Hall–Kier alpha value is -1.82. The summed E-state index contributed by atoms with van der Waals surface area (Å²) >= 11 is 0.950. The van der Waals surface area contributed by atoms with E-state index in [1.807, 2.05) is 0 Å². The van der Waals surface area contributed by atoms with Crippen molar-refractivity contribution in [3.8, 4) is 0 Å². The van der Waals surface area contributed by atoms with Crippen LogP contribution in [0, 0.1) is 0 Å². The number of unbranched alkanes of at least 4 members (excludes halogenated alkanes) is 13. The van der Waals surface area contributed by atoms with Crippen LogP contribution in [0.25, 0.3) is 16.9 Å². The zero-order chi connectivity index (χ0) is 35.7. The Labute approximate surface area is 312 Å². The molecule has 0 amide bonds. The van der Waals surface area contributed by atoms with Gasteiger partial charge in [0.1, 0.15) is 0 Å². The van der Waals surface area contributed by atoms with Crippen LogP contribution in [0.5, 0.6) is 0 Å². The SMILES string of the molecule is CCCCCCCCC1=C(c2cc(CCCCC)cc(CCCCC)c2)[N+](=[N-])C(c2cc(CCCCC)cc(CCCCC)c2)=C1.[CH3][Pd][CH3]. The number of nitrogens with zero attached hydrogens (tertiary/aromatic N) is 2. The van der Waals surface area contributed by atoms with E-state index in [0.29, 0.717) is 0 Å². The molecule has 0 saturated carbocycles. The van der Waals surface area contributed by atoms with Gasteiger partial charge >= 0.3 is 28.8 Å². The van der Waals surface area contributed by atoms with Crippen molar-refractivity contribution in [3.05, 3.63) is 87.0 Å². The van der Waals surface area contributed by atoms with E-state index in [1.165, 1.54) is 155 Å². The van der Waals surface area contributed by atoms with Gasteiger partial charge in [-0.2, -0.15) is 0 Å². The third-order valence-corrected chi connectivity index (χ3v) is 9.81. The van der Waals surface area contributed by atoms with Gasteiger partial charge in [-0.1, -0.05) is 130 Å². The fraction of sp³-hybridized carbons (Fsp3) is 0.652. The van der Waals surface area contributed by atoms with Crippen LogP contribution in [0.15, 0.2) is 48.0 Å². The number of rotatable bonds is 25. The van der Waals surface area contributed by atoms with E-state index in [0.717, 1.165) is 61.5 Å². The minimum atomic E-state index is 0.950. The Kier molecular flexibility index (Phi) is 23.8. The Morgan fingerprint density at radius 2 is 0.776 bits per heavy atom. The molecule has 0 spiro atoms. The van der Waals surface area contributed by atoms with Gasteiger partial charge in [0.05, 0.1) is 0 Å². The van der Waals surface area contributed by atoms with Crippen LogP contribution in [-0.2, 0) is 43.7 Å². The van der Waals surface area contributed by atoms with Gasteiger partial charge in [-0.3, -0.25) is 0 Å². The van der Waals surface area contributed by atoms with Crippen LogP contribution in [0.2, 0.25) is 10.8 Å². The van der Waals surface area contributed by atoms with E-state index < -0.39 is 0 Å². The van der Waals surface area contributed by atoms with E-state index in [4.69, 9.17) is 0 Å². The van der Waals surface area contributed by atoms with E-state index >= 15 is 0 Å². The summed E-state index contributed by atoms with van der Waals surface area (Å²) in [7, 11) is 0. The molecule has 0 unspecified atom stereocenters. The van der Waals surface area contributed by atoms with Crippen LogP contribution >= 0.6 is 0 Å². The van der Waals surface area contributed by atoms with Crippen molar-refractivity contribution < 1.29 is 22.7 Å². The second-order valence-electron chi connectivity index (χ2n) is 14.5. The monoisotopic (exact) mass is 760 g/mol. The molecule has 2 aromatic carbocycles. The van der Waals surface area contributed by atoms with Crippen LogP contribution < -0.4 is 0 Å². The van der Waals surface area contributed by atoms with Gasteiger partial charge in [-0.15, -0.1) is 0 Å². The first kappa shape index (κ1) is 43.3. The fourth-order valence-electron chi connectivity index (χ4n) is 7.05. The van der Waals surface area contributed by atoms with E-state index in [-0.39, 0.29) is 0 Å². The zero-order valence-corrected chi connectivity index (χ0v) is 34.6. The first-order valence-corrected chi connectivity index (χ1v) is 23.5. The number of benzene rings is 2. The molecule has 3 heteroatoms. The number of hydrogen-bond donors (Lipinski definition) is 0. The van der Waals surface area contributed by atoms with Gasteiger partial charge < -0.3 is 5.53 Å². The van der Waals surface area contributed by atoms with Crippen molar-refractivity contribution in [1.82, 2.24) is 0 Å².